The quantitative estimate of drug-likeness (QED) is 0.146. The summed E-state index contributed by atoms with van der Waals surface area (Å²) in [6.07, 6.45) is -1.10. The molecule has 268 valence electrons. The Morgan fingerprint density at radius 1 is 0.673 bits per heavy atom. The Kier molecular flexibility index (Phi) is 13.1. The number of amides is 4. The molecule has 1 aliphatic heterocycles. The summed E-state index contributed by atoms with van der Waals surface area (Å²) in [5.41, 5.74) is 2.65. The van der Waals surface area contributed by atoms with Crippen LogP contribution in [0.25, 0.3) is 0 Å². The van der Waals surface area contributed by atoms with Gasteiger partial charge in [-0.25, -0.2) is 9.59 Å². The highest BCUT2D eigenvalue weighted by atomic mass is 16.6. The van der Waals surface area contributed by atoms with Gasteiger partial charge in [-0.2, -0.15) is 0 Å². The highest BCUT2D eigenvalue weighted by Crippen LogP contribution is 2.14. The highest BCUT2D eigenvalue weighted by Gasteiger charge is 2.30. The molecule has 1 aliphatic rings. The molecule has 0 aliphatic carbocycles. The summed E-state index contributed by atoms with van der Waals surface area (Å²) >= 11 is 0. The molecular formula is C39H38N4O9. The summed E-state index contributed by atoms with van der Waals surface area (Å²) in [5.74, 6) is -3.17. The van der Waals surface area contributed by atoms with Crippen molar-refractivity contribution < 1.29 is 43.0 Å². The van der Waals surface area contributed by atoms with Crippen LogP contribution in [0.5, 0.6) is 0 Å². The predicted molar refractivity (Wildman–Crippen MR) is 188 cm³/mol. The fourth-order valence-electron chi connectivity index (χ4n) is 5.18. The SMILES string of the molecule is O=C(CN1CCN(C(=O)OCc2ccccc2)CC1=O)Nc1cccc(C(=O)N[C@@H](CC(=O)OCc2ccccc2)C(=O)OCc2ccccc2)c1. The van der Waals surface area contributed by atoms with Crippen molar-refractivity contribution in [3.05, 3.63) is 138 Å². The van der Waals surface area contributed by atoms with Crippen molar-refractivity contribution >= 4 is 41.4 Å². The number of esters is 2. The molecule has 4 aromatic rings. The molecule has 52 heavy (non-hydrogen) atoms. The predicted octanol–water partition coefficient (Wildman–Crippen LogP) is 4.08. The maximum atomic E-state index is 13.3. The average molecular weight is 707 g/mol. The first-order valence-corrected chi connectivity index (χ1v) is 16.6. The van der Waals surface area contributed by atoms with Crippen LogP contribution in [0.2, 0.25) is 0 Å². The molecule has 13 nitrogen and oxygen atoms in total. The standard InChI is InChI=1S/C39H38N4O9/c44-34(23-42-19-20-43(24-35(42)45)39(49)52-27-30-15-8-3-9-16-30)40-32-18-10-17-31(21-32)37(47)41-33(38(48)51-26-29-13-6-2-7-14-29)22-36(46)50-25-28-11-4-1-5-12-28/h1-18,21,33H,19-20,22-27H2,(H,40,44)(H,41,47)/t33-/m0/s1. The molecule has 13 heteroatoms. The molecule has 2 N–H and O–H groups in total. The van der Waals surface area contributed by atoms with E-state index in [1.54, 1.807) is 54.6 Å². The second-order valence-electron chi connectivity index (χ2n) is 11.9. The molecule has 1 saturated heterocycles. The third kappa shape index (κ3) is 11.3. The Balaban J connectivity index is 1.14. The summed E-state index contributed by atoms with van der Waals surface area (Å²) in [6.45, 7) is -0.185. The molecule has 4 amide bonds. The lowest BCUT2D eigenvalue weighted by Gasteiger charge is -2.33. The van der Waals surface area contributed by atoms with E-state index in [0.717, 1.165) is 16.7 Å². The van der Waals surface area contributed by atoms with Crippen LogP contribution in [-0.2, 0) is 53.2 Å². The topological polar surface area (TPSA) is 161 Å². The zero-order chi connectivity index (χ0) is 36.7. The molecule has 1 fully saturated rings. The number of benzene rings is 4. The van der Waals surface area contributed by atoms with Gasteiger partial charge in [-0.3, -0.25) is 24.1 Å². The zero-order valence-corrected chi connectivity index (χ0v) is 28.3. The van der Waals surface area contributed by atoms with Crippen LogP contribution in [0.3, 0.4) is 0 Å². The maximum Gasteiger partial charge on any atom is 0.410 e. The first kappa shape index (κ1) is 36.8. The van der Waals surface area contributed by atoms with E-state index in [4.69, 9.17) is 14.2 Å². The Labute approximate surface area is 300 Å². The van der Waals surface area contributed by atoms with E-state index in [9.17, 15) is 28.8 Å². The van der Waals surface area contributed by atoms with Crippen molar-refractivity contribution in [3.63, 3.8) is 0 Å². The summed E-state index contributed by atoms with van der Waals surface area (Å²) in [6, 6.07) is 31.7. The minimum atomic E-state index is -1.36. The van der Waals surface area contributed by atoms with E-state index in [1.807, 2.05) is 42.5 Å². The molecule has 0 saturated carbocycles. The number of nitrogens with zero attached hydrogens (tertiary/aromatic N) is 2. The monoisotopic (exact) mass is 706 g/mol. The van der Waals surface area contributed by atoms with Crippen LogP contribution in [0.15, 0.2) is 115 Å². The van der Waals surface area contributed by atoms with Crippen LogP contribution < -0.4 is 10.6 Å². The second kappa shape index (κ2) is 18.5. The lowest BCUT2D eigenvalue weighted by atomic mass is 10.1. The molecule has 5 rings (SSSR count). The molecule has 0 aromatic heterocycles. The highest BCUT2D eigenvalue weighted by molar-refractivity contribution is 6.00. The lowest BCUT2D eigenvalue weighted by Crippen LogP contribution is -2.54. The Morgan fingerprint density at radius 2 is 1.25 bits per heavy atom. The summed E-state index contributed by atoms with van der Waals surface area (Å²) in [5, 5.41) is 5.23. The number of anilines is 1. The summed E-state index contributed by atoms with van der Waals surface area (Å²) in [4.78, 5) is 79.9. The first-order chi connectivity index (χ1) is 25.2. The van der Waals surface area contributed by atoms with Gasteiger partial charge in [0, 0.05) is 24.3 Å². The number of nitrogens with one attached hydrogen (secondary N) is 2. The van der Waals surface area contributed by atoms with Crippen molar-refractivity contribution in [1.29, 1.82) is 0 Å². The Morgan fingerprint density at radius 3 is 1.85 bits per heavy atom. The second-order valence-corrected chi connectivity index (χ2v) is 11.9. The van der Waals surface area contributed by atoms with Gasteiger partial charge in [-0.05, 0) is 34.9 Å². The normalized spacial score (nSPS) is 13.0. The van der Waals surface area contributed by atoms with Crippen molar-refractivity contribution in [2.24, 2.45) is 0 Å². The van der Waals surface area contributed by atoms with Gasteiger partial charge in [0.1, 0.15) is 32.4 Å². The van der Waals surface area contributed by atoms with Crippen LogP contribution in [-0.4, -0.2) is 77.8 Å². The van der Waals surface area contributed by atoms with Crippen molar-refractivity contribution in [2.75, 3.05) is 31.5 Å². The lowest BCUT2D eigenvalue weighted by molar-refractivity contribution is -0.153. The minimum absolute atomic E-state index is 0.0102. The molecule has 0 bridgehead atoms. The number of rotatable bonds is 14. The molecule has 1 heterocycles. The zero-order valence-electron chi connectivity index (χ0n) is 28.3. The Hall–Kier alpha value is -6.50. The third-order valence-electron chi connectivity index (χ3n) is 7.95. The van der Waals surface area contributed by atoms with E-state index < -0.39 is 48.2 Å². The van der Waals surface area contributed by atoms with Gasteiger partial charge in [0.25, 0.3) is 5.91 Å². The minimum Gasteiger partial charge on any atom is -0.461 e. The third-order valence-corrected chi connectivity index (χ3v) is 7.95. The van der Waals surface area contributed by atoms with Gasteiger partial charge >= 0.3 is 18.0 Å². The van der Waals surface area contributed by atoms with Gasteiger partial charge in [0.05, 0.1) is 13.0 Å². The van der Waals surface area contributed by atoms with Gasteiger partial charge in [0.2, 0.25) is 11.8 Å². The fourth-order valence-corrected chi connectivity index (χ4v) is 5.18. The number of piperazine rings is 1. The molecule has 4 aromatic carbocycles. The molecule has 1 atom stereocenters. The van der Waals surface area contributed by atoms with E-state index in [1.165, 1.54) is 28.0 Å². The van der Waals surface area contributed by atoms with Crippen LogP contribution in [0, 0.1) is 0 Å². The number of carbonyl (C=O) groups excluding carboxylic acids is 6. The first-order valence-electron chi connectivity index (χ1n) is 16.6. The van der Waals surface area contributed by atoms with Crippen molar-refractivity contribution in [1.82, 2.24) is 15.1 Å². The number of hydrogen-bond acceptors (Lipinski definition) is 9. The average Bonchev–Trinajstić information content (AvgIpc) is 3.17. The van der Waals surface area contributed by atoms with Crippen molar-refractivity contribution in [2.45, 2.75) is 32.3 Å². The summed E-state index contributed by atoms with van der Waals surface area (Å²) in [7, 11) is 0. The van der Waals surface area contributed by atoms with Gasteiger partial charge in [-0.15, -0.1) is 0 Å². The molecule has 0 spiro atoms. The van der Waals surface area contributed by atoms with E-state index in [-0.39, 0.29) is 57.3 Å². The van der Waals surface area contributed by atoms with Gasteiger partial charge < -0.3 is 29.7 Å². The van der Waals surface area contributed by atoms with Gasteiger partial charge in [0.15, 0.2) is 0 Å². The van der Waals surface area contributed by atoms with Gasteiger partial charge in [-0.1, -0.05) is 97.1 Å². The van der Waals surface area contributed by atoms with E-state index in [0.29, 0.717) is 0 Å². The number of ether oxygens (including phenoxy) is 3. The Bertz CT molecular complexity index is 1860. The van der Waals surface area contributed by atoms with Crippen LogP contribution in [0.1, 0.15) is 33.5 Å². The molecular weight excluding hydrogens is 668 g/mol. The number of hydrogen-bond donors (Lipinski definition) is 2. The smallest absolute Gasteiger partial charge is 0.410 e. The van der Waals surface area contributed by atoms with E-state index >= 15 is 0 Å². The summed E-state index contributed by atoms with van der Waals surface area (Å²) < 4.78 is 16.1. The fraction of sp³-hybridized carbons (Fsp3) is 0.231. The van der Waals surface area contributed by atoms with Crippen molar-refractivity contribution in [3.8, 4) is 0 Å². The molecule has 0 radical (unpaired) electrons. The van der Waals surface area contributed by atoms with E-state index in [2.05, 4.69) is 10.6 Å². The largest absolute Gasteiger partial charge is 0.461 e. The van der Waals surface area contributed by atoms with Crippen LogP contribution >= 0.6 is 0 Å². The van der Waals surface area contributed by atoms with Crippen LogP contribution in [0.4, 0.5) is 10.5 Å². The maximum absolute atomic E-state index is 13.3. The molecule has 0 unspecified atom stereocenters. The number of carbonyl (C=O) groups is 6.